The van der Waals surface area contributed by atoms with Crippen molar-refractivity contribution in [2.75, 3.05) is 27.2 Å². The zero-order valence-electron chi connectivity index (χ0n) is 11.8. The third-order valence-electron chi connectivity index (χ3n) is 4.31. The van der Waals surface area contributed by atoms with Crippen molar-refractivity contribution in [3.63, 3.8) is 0 Å². The monoisotopic (exact) mass is 265 g/mol. The maximum Gasteiger partial charge on any atom is 0.243 e. The number of aliphatic hydroxyl groups excluding tert-OH is 1. The lowest BCUT2D eigenvalue weighted by molar-refractivity contribution is -0.140. The van der Waals surface area contributed by atoms with Crippen LogP contribution in [0, 0.1) is 16.7 Å². The third-order valence-corrected chi connectivity index (χ3v) is 4.31. The van der Waals surface area contributed by atoms with E-state index in [0.717, 1.165) is 19.4 Å². The molecule has 19 heavy (non-hydrogen) atoms. The second-order valence-electron chi connectivity index (χ2n) is 6.16. The van der Waals surface area contributed by atoms with Crippen molar-refractivity contribution in [1.29, 1.82) is 5.26 Å². The summed E-state index contributed by atoms with van der Waals surface area (Å²) in [5, 5.41) is 19.2. The number of likely N-dealkylation sites (N-methyl/N-ethyl adjacent to an activating group) is 1. The van der Waals surface area contributed by atoms with Gasteiger partial charge in [-0.15, -0.1) is 0 Å². The summed E-state index contributed by atoms with van der Waals surface area (Å²) in [6, 6.07) is 2.29. The first-order valence-corrected chi connectivity index (χ1v) is 7.03. The number of carbonyl (C=O) groups excluding carboxylic acids is 1. The molecule has 1 aliphatic heterocycles. The molecule has 0 spiro atoms. The fourth-order valence-corrected chi connectivity index (χ4v) is 3.36. The SMILES string of the molecule is CN(C)CC1CC(O)CN1C(=O)C1(C#N)CCCC1. The summed E-state index contributed by atoms with van der Waals surface area (Å²) in [5.41, 5.74) is -0.825. The van der Waals surface area contributed by atoms with Gasteiger partial charge >= 0.3 is 0 Å². The molecular weight excluding hydrogens is 242 g/mol. The molecule has 1 saturated heterocycles. The Bertz CT molecular complexity index is 383. The number of aliphatic hydroxyl groups is 1. The Morgan fingerprint density at radius 3 is 2.63 bits per heavy atom. The second kappa shape index (κ2) is 5.48. The number of hydrogen-bond donors (Lipinski definition) is 1. The van der Waals surface area contributed by atoms with E-state index in [4.69, 9.17) is 0 Å². The van der Waals surface area contributed by atoms with Crippen molar-refractivity contribution in [3.8, 4) is 6.07 Å². The zero-order chi connectivity index (χ0) is 14.0. The van der Waals surface area contributed by atoms with Crippen LogP contribution in [0.5, 0.6) is 0 Å². The van der Waals surface area contributed by atoms with Gasteiger partial charge in [-0.25, -0.2) is 0 Å². The number of hydrogen-bond acceptors (Lipinski definition) is 4. The van der Waals surface area contributed by atoms with Crippen molar-refractivity contribution >= 4 is 5.91 Å². The number of amides is 1. The lowest BCUT2D eigenvalue weighted by Gasteiger charge is -2.32. The standard InChI is InChI=1S/C14H23N3O2/c1-16(2)8-11-7-12(18)9-17(11)13(19)14(10-15)5-3-4-6-14/h11-12,18H,3-9H2,1-2H3. The summed E-state index contributed by atoms with van der Waals surface area (Å²) >= 11 is 0. The molecule has 1 amide bonds. The Labute approximate surface area is 114 Å². The van der Waals surface area contributed by atoms with Crippen molar-refractivity contribution < 1.29 is 9.90 Å². The minimum absolute atomic E-state index is 0.0309. The van der Waals surface area contributed by atoms with Crippen molar-refractivity contribution in [3.05, 3.63) is 0 Å². The number of likely N-dealkylation sites (tertiary alicyclic amines) is 1. The minimum Gasteiger partial charge on any atom is -0.391 e. The van der Waals surface area contributed by atoms with Crippen LogP contribution in [0.1, 0.15) is 32.1 Å². The maximum atomic E-state index is 12.7. The first-order valence-electron chi connectivity index (χ1n) is 7.03. The fraction of sp³-hybridized carbons (Fsp3) is 0.857. The van der Waals surface area contributed by atoms with Gasteiger partial charge in [-0.1, -0.05) is 12.8 Å². The quantitative estimate of drug-likeness (QED) is 0.811. The van der Waals surface area contributed by atoms with Gasteiger partial charge in [-0.2, -0.15) is 5.26 Å². The molecule has 106 valence electrons. The highest BCUT2D eigenvalue weighted by molar-refractivity contribution is 5.86. The molecule has 2 unspecified atom stereocenters. The van der Waals surface area contributed by atoms with Crippen LogP contribution in [-0.2, 0) is 4.79 Å². The minimum atomic E-state index is -0.825. The summed E-state index contributed by atoms with van der Waals surface area (Å²) in [6.07, 6.45) is 3.41. The van der Waals surface area contributed by atoms with Crippen LogP contribution in [0.2, 0.25) is 0 Å². The molecule has 0 aromatic carbocycles. The largest absolute Gasteiger partial charge is 0.391 e. The summed E-state index contributed by atoms with van der Waals surface area (Å²) < 4.78 is 0. The average molecular weight is 265 g/mol. The Morgan fingerprint density at radius 2 is 2.11 bits per heavy atom. The Morgan fingerprint density at radius 1 is 1.47 bits per heavy atom. The summed E-state index contributed by atoms with van der Waals surface area (Å²) in [4.78, 5) is 16.5. The molecule has 5 nitrogen and oxygen atoms in total. The third kappa shape index (κ3) is 2.75. The first-order chi connectivity index (χ1) is 8.98. The van der Waals surface area contributed by atoms with E-state index in [1.807, 2.05) is 19.0 Å². The van der Waals surface area contributed by atoms with E-state index >= 15 is 0 Å². The molecule has 2 fully saturated rings. The molecule has 0 radical (unpaired) electrons. The number of β-amino-alcohol motifs (C(OH)–C–C–N with tert-alkyl or cyclic N) is 1. The fourth-order valence-electron chi connectivity index (χ4n) is 3.36. The Kier molecular flexibility index (Phi) is 4.12. The van der Waals surface area contributed by atoms with Gasteiger partial charge in [-0.05, 0) is 33.4 Å². The molecule has 1 saturated carbocycles. The van der Waals surface area contributed by atoms with Gasteiger partial charge in [0.15, 0.2) is 0 Å². The van der Waals surface area contributed by atoms with Crippen molar-refractivity contribution in [2.24, 2.45) is 5.41 Å². The topological polar surface area (TPSA) is 67.6 Å². The van der Waals surface area contributed by atoms with E-state index < -0.39 is 11.5 Å². The predicted octanol–water partition coefficient (Wildman–Crippen LogP) is 0.594. The summed E-state index contributed by atoms with van der Waals surface area (Å²) in [7, 11) is 3.92. The molecule has 0 aromatic rings. The van der Waals surface area contributed by atoms with Gasteiger partial charge in [0.05, 0.1) is 12.2 Å². The predicted molar refractivity (Wildman–Crippen MR) is 71.2 cm³/mol. The molecule has 1 heterocycles. The van der Waals surface area contributed by atoms with Crippen LogP contribution < -0.4 is 0 Å². The smallest absolute Gasteiger partial charge is 0.243 e. The highest BCUT2D eigenvalue weighted by Gasteiger charge is 2.47. The molecule has 0 aromatic heterocycles. The molecule has 2 atom stereocenters. The van der Waals surface area contributed by atoms with Crippen LogP contribution in [0.3, 0.4) is 0 Å². The van der Waals surface area contributed by atoms with Gasteiger partial charge in [0.2, 0.25) is 5.91 Å². The van der Waals surface area contributed by atoms with Crippen LogP contribution in [0.4, 0.5) is 0 Å². The second-order valence-corrected chi connectivity index (χ2v) is 6.16. The highest BCUT2D eigenvalue weighted by Crippen LogP contribution is 2.40. The Hall–Kier alpha value is -1.12. The van der Waals surface area contributed by atoms with Crippen LogP contribution in [-0.4, -0.2) is 60.1 Å². The number of rotatable bonds is 3. The van der Waals surface area contributed by atoms with Gasteiger partial charge in [0.1, 0.15) is 5.41 Å². The molecular formula is C14H23N3O2. The number of nitrogens with zero attached hydrogens (tertiary/aromatic N) is 3. The summed E-state index contributed by atoms with van der Waals surface area (Å²) in [5.74, 6) is -0.0594. The number of carbonyl (C=O) groups is 1. The summed E-state index contributed by atoms with van der Waals surface area (Å²) in [6.45, 7) is 1.12. The van der Waals surface area contributed by atoms with Crippen molar-refractivity contribution in [1.82, 2.24) is 9.80 Å². The molecule has 5 heteroatoms. The van der Waals surface area contributed by atoms with Crippen molar-refractivity contribution in [2.45, 2.75) is 44.2 Å². The van der Waals surface area contributed by atoms with Gasteiger partial charge in [-0.3, -0.25) is 4.79 Å². The molecule has 1 N–H and O–H groups in total. The van der Waals surface area contributed by atoms with Gasteiger partial charge < -0.3 is 14.9 Å². The van der Waals surface area contributed by atoms with Crippen LogP contribution in [0.25, 0.3) is 0 Å². The van der Waals surface area contributed by atoms with Gasteiger partial charge in [0, 0.05) is 19.1 Å². The Balaban J connectivity index is 2.14. The average Bonchev–Trinajstić information content (AvgIpc) is 2.95. The molecule has 1 aliphatic carbocycles. The lowest BCUT2D eigenvalue weighted by Crippen LogP contribution is -2.47. The van der Waals surface area contributed by atoms with E-state index in [9.17, 15) is 15.2 Å². The van der Waals surface area contributed by atoms with Crippen LogP contribution in [0.15, 0.2) is 0 Å². The maximum absolute atomic E-state index is 12.7. The molecule has 0 bridgehead atoms. The lowest BCUT2D eigenvalue weighted by atomic mass is 9.86. The zero-order valence-corrected chi connectivity index (χ0v) is 11.8. The van der Waals surface area contributed by atoms with Gasteiger partial charge in [0.25, 0.3) is 0 Å². The van der Waals surface area contributed by atoms with E-state index in [0.29, 0.717) is 25.8 Å². The van der Waals surface area contributed by atoms with E-state index in [-0.39, 0.29) is 11.9 Å². The highest BCUT2D eigenvalue weighted by atomic mass is 16.3. The molecule has 2 aliphatic rings. The van der Waals surface area contributed by atoms with E-state index in [2.05, 4.69) is 6.07 Å². The van der Waals surface area contributed by atoms with Crippen LogP contribution >= 0.6 is 0 Å². The normalized spacial score (nSPS) is 29.7. The van der Waals surface area contributed by atoms with E-state index in [1.165, 1.54) is 0 Å². The first kappa shape index (κ1) is 14.3. The molecule has 2 rings (SSSR count). The number of nitriles is 1. The van der Waals surface area contributed by atoms with E-state index in [1.54, 1.807) is 4.90 Å².